The fraction of sp³-hybridized carbons (Fsp3) is 0.250. The van der Waals surface area contributed by atoms with Crippen LogP contribution in [-0.4, -0.2) is 15.5 Å². The third-order valence-electron chi connectivity index (χ3n) is 1.42. The van der Waals surface area contributed by atoms with Crippen LogP contribution in [0.4, 0.5) is 0 Å². The summed E-state index contributed by atoms with van der Waals surface area (Å²) in [6, 6.07) is 8.69. The van der Waals surface area contributed by atoms with Gasteiger partial charge in [0.15, 0.2) is 5.79 Å². The van der Waals surface area contributed by atoms with Gasteiger partial charge in [-0.1, -0.05) is 46.3 Å². The van der Waals surface area contributed by atoms with E-state index in [2.05, 4.69) is 15.9 Å². The Morgan fingerprint density at radius 2 is 1.73 bits per heavy atom. The molecule has 1 aromatic rings. The lowest BCUT2D eigenvalue weighted by Crippen LogP contribution is -2.26. The molecule has 0 saturated carbocycles. The Morgan fingerprint density at radius 3 is 2.18 bits per heavy atom. The van der Waals surface area contributed by atoms with E-state index in [1.165, 1.54) is 0 Å². The number of rotatable bonds is 2. The van der Waals surface area contributed by atoms with E-state index in [1.807, 2.05) is 6.07 Å². The lowest BCUT2D eigenvalue weighted by molar-refractivity contribution is -0.147. The zero-order valence-corrected chi connectivity index (χ0v) is 7.45. The molecular weight excluding hydrogens is 208 g/mol. The first-order valence-electron chi connectivity index (χ1n) is 3.23. The molecule has 0 aliphatic heterocycles. The summed E-state index contributed by atoms with van der Waals surface area (Å²) in [5.41, 5.74) is 0.497. The van der Waals surface area contributed by atoms with Gasteiger partial charge in [0.05, 0.1) is 5.33 Å². The van der Waals surface area contributed by atoms with Gasteiger partial charge in [-0.25, -0.2) is 0 Å². The molecule has 0 fully saturated rings. The highest BCUT2D eigenvalue weighted by Crippen LogP contribution is 2.18. The molecule has 0 unspecified atom stereocenters. The van der Waals surface area contributed by atoms with E-state index < -0.39 is 5.79 Å². The molecule has 0 bridgehead atoms. The van der Waals surface area contributed by atoms with Crippen LogP contribution in [0, 0.1) is 0 Å². The van der Waals surface area contributed by atoms with Crippen LogP contribution in [0.1, 0.15) is 5.56 Å². The smallest absolute Gasteiger partial charge is 0.199 e. The molecule has 0 aromatic heterocycles. The summed E-state index contributed by atoms with van der Waals surface area (Å²) >= 11 is 3.01. The molecule has 2 N–H and O–H groups in total. The van der Waals surface area contributed by atoms with Crippen molar-refractivity contribution in [3.63, 3.8) is 0 Å². The second kappa shape index (κ2) is 3.34. The van der Waals surface area contributed by atoms with Crippen molar-refractivity contribution in [2.24, 2.45) is 0 Å². The maximum absolute atomic E-state index is 9.30. The average Bonchev–Trinajstić information content (AvgIpc) is 2.06. The van der Waals surface area contributed by atoms with Crippen LogP contribution < -0.4 is 0 Å². The van der Waals surface area contributed by atoms with Crippen molar-refractivity contribution in [3.05, 3.63) is 35.9 Å². The molecule has 11 heavy (non-hydrogen) atoms. The van der Waals surface area contributed by atoms with Gasteiger partial charge < -0.3 is 10.2 Å². The van der Waals surface area contributed by atoms with Gasteiger partial charge in [0.25, 0.3) is 0 Å². The van der Waals surface area contributed by atoms with Crippen LogP contribution in [0.25, 0.3) is 0 Å². The van der Waals surface area contributed by atoms with E-state index in [0.29, 0.717) is 5.56 Å². The summed E-state index contributed by atoms with van der Waals surface area (Å²) in [4.78, 5) is 0. The molecule has 0 atom stereocenters. The molecule has 0 radical (unpaired) electrons. The lowest BCUT2D eigenvalue weighted by Gasteiger charge is -2.18. The van der Waals surface area contributed by atoms with Crippen LogP contribution in [0.2, 0.25) is 0 Å². The molecule has 0 aliphatic carbocycles. The van der Waals surface area contributed by atoms with E-state index in [0.717, 1.165) is 0 Å². The number of benzene rings is 1. The summed E-state index contributed by atoms with van der Waals surface area (Å²) < 4.78 is 0. The molecule has 60 valence electrons. The van der Waals surface area contributed by atoms with Gasteiger partial charge >= 0.3 is 0 Å². The van der Waals surface area contributed by atoms with Gasteiger partial charge in [0.2, 0.25) is 0 Å². The molecule has 0 amide bonds. The summed E-state index contributed by atoms with van der Waals surface area (Å²) in [7, 11) is 0. The standard InChI is InChI=1S/C8H9BrO2/c9-6-8(10,11)7-4-2-1-3-5-7/h1-5,10-11H,6H2. The van der Waals surface area contributed by atoms with Crippen molar-refractivity contribution in [1.82, 2.24) is 0 Å². The number of aliphatic hydroxyl groups is 2. The van der Waals surface area contributed by atoms with Gasteiger partial charge in [0, 0.05) is 5.56 Å². The van der Waals surface area contributed by atoms with Crippen LogP contribution in [0.5, 0.6) is 0 Å². The minimum absolute atomic E-state index is 0.115. The molecule has 0 saturated heterocycles. The highest BCUT2D eigenvalue weighted by atomic mass is 79.9. The quantitative estimate of drug-likeness (QED) is 0.577. The summed E-state index contributed by atoms with van der Waals surface area (Å²) in [6.07, 6.45) is 0. The van der Waals surface area contributed by atoms with Crippen molar-refractivity contribution >= 4 is 15.9 Å². The third-order valence-corrected chi connectivity index (χ3v) is 2.20. The largest absolute Gasteiger partial charge is 0.361 e. The monoisotopic (exact) mass is 216 g/mol. The van der Waals surface area contributed by atoms with Crippen LogP contribution >= 0.6 is 15.9 Å². The van der Waals surface area contributed by atoms with Gasteiger partial charge in [-0.2, -0.15) is 0 Å². The SMILES string of the molecule is OC(O)(CBr)c1ccccc1. The van der Waals surface area contributed by atoms with E-state index in [-0.39, 0.29) is 5.33 Å². The maximum Gasteiger partial charge on any atom is 0.199 e. The van der Waals surface area contributed by atoms with Crippen molar-refractivity contribution in [2.75, 3.05) is 5.33 Å². The Balaban J connectivity index is 2.93. The summed E-state index contributed by atoms with van der Waals surface area (Å²) in [5, 5.41) is 18.7. The zero-order chi connectivity index (χ0) is 8.32. The molecule has 2 nitrogen and oxygen atoms in total. The van der Waals surface area contributed by atoms with Crippen molar-refractivity contribution in [1.29, 1.82) is 0 Å². The van der Waals surface area contributed by atoms with Crippen molar-refractivity contribution in [2.45, 2.75) is 5.79 Å². The number of hydrogen-bond donors (Lipinski definition) is 2. The Hall–Kier alpha value is -0.380. The van der Waals surface area contributed by atoms with Gasteiger partial charge in [-0.15, -0.1) is 0 Å². The van der Waals surface area contributed by atoms with Gasteiger partial charge in [0.1, 0.15) is 0 Å². The Bertz CT molecular complexity index is 221. The first kappa shape index (κ1) is 8.71. The highest BCUT2D eigenvalue weighted by molar-refractivity contribution is 9.09. The van der Waals surface area contributed by atoms with E-state index in [9.17, 15) is 10.2 Å². The van der Waals surface area contributed by atoms with Crippen molar-refractivity contribution in [3.8, 4) is 0 Å². The molecule has 1 aromatic carbocycles. The molecule has 3 heteroatoms. The van der Waals surface area contributed by atoms with Gasteiger partial charge in [-0.3, -0.25) is 0 Å². The topological polar surface area (TPSA) is 40.5 Å². The predicted molar refractivity (Wildman–Crippen MR) is 46.4 cm³/mol. The fourth-order valence-electron chi connectivity index (χ4n) is 0.782. The number of hydrogen-bond acceptors (Lipinski definition) is 2. The Kier molecular flexibility index (Phi) is 2.65. The Labute approximate surface area is 73.6 Å². The second-order valence-electron chi connectivity index (χ2n) is 2.32. The number of halogens is 1. The molecule has 1 rings (SSSR count). The third kappa shape index (κ3) is 2.02. The predicted octanol–water partition coefficient (Wildman–Crippen LogP) is 1.22. The maximum atomic E-state index is 9.30. The molecule has 0 aliphatic rings. The van der Waals surface area contributed by atoms with E-state index >= 15 is 0 Å². The average molecular weight is 217 g/mol. The number of alkyl halides is 1. The van der Waals surface area contributed by atoms with E-state index in [1.54, 1.807) is 24.3 Å². The molecule has 0 spiro atoms. The fourth-order valence-corrected chi connectivity index (χ4v) is 1.11. The van der Waals surface area contributed by atoms with Crippen LogP contribution in [0.15, 0.2) is 30.3 Å². The zero-order valence-electron chi connectivity index (χ0n) is 5.87. The summed E-state index contributed by atoms with van der Waals surface area (Å²) in [6.45, 7) is 0. The molecule has 0 heterocycles. The lowest BCUT2D eigenvalue weighted by atomic mass is 10.1. The molecular formula is C8H9BrO2. The first-order chi connectivity index (χ1) is 5.17. The van der Waals surface area contributed by atoms with Gasteiger partial charge in [-0.05, 0) is 0 Å². The van der Waals surface area contributed by atoms with Crippen molar-refractivity contribution < 1.29 is 10.2 Å². The van der Waals surface area contributed by atoms with Crippen LogP contribution in [0.3, 0.4) is 0 Å². The minimum Gasteiger partial charge on any atom is -0.361 e. The first-order valence-corrected chi connectivity index (χ1v) is 4.35. The van der Waals surface area contributed by atoms with E-state index in [4.69, 9.17) is 0 Å². The van der Waals surface area contributed by atoms with Crippen LogP contribution in [-0.2, 0) is 5.79 Å². The minimum atomic E-state index is -1.75. The normalized spacial score (nSPS) is 11.5. The summed E-state index contributed by atoms with van der Waals surface area (Å²) in [5.74, 6) is -1.75. The Morgan fingerprint density at radius 1 is 1.18 bits per heavy atom. The highest BCUT2D eigenvalue weighted by Gasteiger charge is 2.22. The second-order valence-corrected chi connectivity index (χ2v) is 2.88.